The third-order valence-corrected chi connectivity index (χ3v) is 5.66. The van der Waals surface area contributed by atoms with Crippen molar-refractivity contribution in [3.8, 4) is 0 Å². The minimum atomic E-state index is -0.165. The summed E-state index contributed by atoms with van der Waals surface area (Å²) in [4.78, 5) is 31.0. The second-order valence-electron chi connectivity index (χ2n) is 5.75. The fourth-order valence-electron chi connectivity index (χ4n) is 2.69. The van der Waals surface area contributed by atoms with E-state index >= 15 is 0 Å². The quantitative estimate of drug-likeness (QED) is 0.841. The van der Waals surface area contributed by atoms with E-state index in [0.717, 1.165) is 11.3 Å². The smallest absolute Gasteiger partial charge is 0.256 e. The molecule has 1 atom stereocenters. The molecule has 2 heterocycles. The van der Waals surface area contributed by atoms with Gasteiger partial charge >= 0.3 is 0 Å². The molecule has 24 heavy (non-hydrogen) atoms. The molecule has 0 radical (unpaired) electrons. The van der Waals surface area contributed by atoms with E-state index in [4.69, 9.17) is 11.6 Å². The third-order valence-electron chi connectivity index (χ3n) is 4.17. The lowest BCUT2D eigenvalue weighted by Crippen LogP contribution is -2.36. The Morgan fingerprint density at radius 1 is 1.42 bits per heavy atom. The normalized spacial score (nSPS) is 17.3. The van der Waals surface area contributed by atoms with Crippen molar-refractivity contribution in [2.75, 3.05) is 12.3 Å². The van der Waals surface area contributed by atoms with Crippen LogP contribution in [0.25, 0.3) is 0 Å². The zero-order chi connectivity index (χ0) is 17.3. The van der Waals surface area contributed by atoms with Gasteiger partial charge in [-0.1, -0.05) is 23.7 Å². The van der Waals surface area contributed by atoms with E-state index in [2.05, 4.69) is 4.98 Å². The van der Waals surface area contributed by atoms with Crippen molar-refractivity contribution in [1.29, 1.82) is 0 Å². The Labute approximate surface area is 149 Å². The molecule has 1 unspecified atom stereocenters. The van der Waals surface area contributed by atoms with Crippen molar-refractivity contribution in [2.45, 2.75) is 25.8 Å². The molecule has 1 fully saturated rings. The van der Waals surface area contributed by atoms with Crippen molar-refractivity contribution < 1.29 is 4.79 Å². The first-order valence-corrected chi connectivity index (χ1v) is 9.09. The average molecular weight is 364 g/mol. The van der Waals surface area contributed by atoms with E-state index in [-0.39, 0.29) is 23.4 Å². The molecule has 1 saturated heterocycles. The van der Waals surface area contributed by atoms with Crippen molar-refractivity contribution in [3.05, 3.63) is 62.8 Å². The molecule has 1 aromatic carbocycles. The number of aryl methyl sites for hydroxylation is 1. The Hall–Kier alpha value is -1.79. The van der Waals surface area contributed by atoms with Gasteiger partial charge in [0.1, 0.15) is 11.9 Å². The summed E-state index contributed by atoms with van der Waals surface area (Å²) in [6.07, 6.45) is 1.44. The molecule has 1 amide bonds. The van der Waals surface area contributed by atoms with Crippen molar-refractivity contribution >= 4 is 29.3 Å². The van der Waals surface area contributed by atoms with E-state index in [1.807, 2.05) is 24.3 Å². The number of amides is 1. The van der Waals surface area contributed by atoms with Gasteiger partial charge in [-0.25, -0.2) is 4.98 Å². The maximum atomic E-state index is 12.7. The lowest BCUT2D eigenvalue weighted by molar-refractivity contribution is -0.132. The van der Waals surface area contributed by atoms with Gasteiger partial charge in [0.15, 0.2) is 0 Å². The average Bonchev–Trinajstić information content (AvgIpc) is 3.05. The maximum absolute atomic E-state index is 12.7. The van der Waals surface area contributed by atoms with Gasteiger partial charge in [0, 0.05) is 28.6 Å². The number of rotatable bonds is 3. The molecule has 7 heteroatoms. The molecule has 2 aromatic rings. The highest BCUT2D eigenvalue weighted by Gasteiger charge is 2.30. The largest absolute Gasteiger partial charge is 0.324 e. The number of aromatic nitrogens is 2. The van der Waals surface area contributed by atoms with Crippen LogP contribution in [0.1, 0.15) is 22.2 Å². The zero-order valence-corrected chi connectivity index (χ0v) is 15.1. The SMILES string of the molecule is Cc1ncn(CC(=O)N2CCSC2c2cccc(Cl)c2)c(=O)c1C. The number of carbonyl (C=O) groups excluding carboxylic acids is 1. The van der Waals surface area contributed by atoms with Gasteiger partial charge in [-0.05, 0) is 31.5 Å². The van der Waals surface area contributed by atoms with E-state index < -0.39 is 0 Å². The minimum absolute atomic E-state index is 0.00454. The Morgan fingerprint density at radius 3 is 2.96 bits per heavy atom. The van der Waals surface area contributed by atoms with Crippen LogP contribution in [0.5, 0.6) is 0 Å². The Morgan fingerprint density at radius 2 is 2.21 bits per heavy atom. The summed E-state index contributed by atoms with van der Waals surface area (Å²) in [5.74, 6) is 0.778. The summed E-state index contributed by atoms with van der Waals surface area (Å²) in [6.45, 7) is 4.18. The first-order chi connectivity index (χ1) is 11.5. The van der Waals surface area contributed by atoms with E-state index in [1.165, 1.54) is 10.9 Å². The molecule has 1 aliphatic rings. The molecule has 1 aliphatic heterocycles. The second kappa shape index (κ2) is 6.99. The topological polar surface area (TPSA) is 55.2 Å². The fourth-order valence-corrected chi connectivity index (χ4v) is 4.15. The van der Waals surface area contributed by atoms with Gasteiger partial charge in [-0.2, -0.15) is 0 Å². The summed E-state index contributed by atoms with van der Waals surface area (Å²) in [5, 5.41) is 0.591. The number of benzene rings is 1. The molecule has 5 nitrogen and oxygen atoms in total. The van der Waals surface area contributed by atoms with E-state index in [1.54, 1.807) is 30.5 Å². The molecular formula is C17H18ClN3O2S. The molecular weight excluding hydrogens is 346 g/mol. The van der Waals surface area contributed by atoms with Gasteiger partial charge in [-0.15, -0.1) is 11.8 Å². The van der Waals surface area contributed by atoms with Gasteiger partial charge in [-0.3, -0.25) is 14.2 Å². The van der Waals surface area contributed by atoms with Crippen molar-refractivity contribution in [3.63, 3.8) is 0 Å². The predicted octanol–water partition coefficient (Wildman–Crippen LogP) is 2.79. The molecule has 0 spiro atoms. The molecule has 1 aromatic heterocycles. The highest BCUT2D eigenvalue weighted by molar-refractivity contribution is 7.99. The van der Waals surface area contributed by atoms with Crippen LogP contribution in [-0.2, 0) is 11.3 Å². The molecule has 126 valence electrons. The molecule has 0 bridgehead atoms. The van der Waals surface area contributed by atoms with Crippen LogP contribution in [0.4, 0.5) is 0 Å². The summed E-state index contributed by atoms with van der Waals surface area (Å²) < 4.78 is 1.38. The van der Waals surface area contributed by atoms with E-state index in [0.29, 0.717) is 22.8 Å². The summed E-state index contributed by atoms with van der Waals surface area (Å²) in [5.41, 5.74) is 2.11. The van der Waals surface area contributed by atoms with Crippen LogP contribution in [0.3, 0.4) is 0 Å². The molecule has 0 saturated carbocycles. The first kappa shape index (κ1) is 17.0. The van der Waals surface area contributed by atoms with Crippen LogP contribution >= 0.6 is 23.4 Å². The Balaban J connectivity index is 1.82. The maximum Gasteiger partial charge on any atom is 0.256 e. The van der Waals surface area contributed by atoms with Crippen LogP contribution in [0.2, 0.25) is 5.02 Å². The highest BCUT2D eigenvalue weighted by Crippen LogP contribution is 2.38. The first-order valence-electron chi connectivity index (χ1n) is 7.66. The Bertz CT molecular complexity index is 837. The van der Waals surface area contributed by atoms with Crippen LogP contribution in [0.15, 0.2) is 35.4 Å². The standard InChI is InChI=1S/C17H18ClN3O2S/c1-11-12(2)19-10-20(16(11)23)9-15(22)21-6-7-24-17(21)13-4-3-5-14(18)8-13/h3-5,8,10,17H,6-7,9H2,1-2H3. The number of thioether (sulfide) groups is 1. The number of halogens is 1. The second-order valence-corrected chi connectivity index (χ2v) is 7.38. The molecule has 0 N–H and O–H groups in total. The van der Waals surface area contributed by atoms with Gasteiger partial charge < -0.3 is 4.90 Å². The lowest BCUT2D eigenvalue weighted by Gasteiger charge is -2.24. The summed E-state index contributed by atoms with van der Waals surface area (Å²) in [6, 6.07) is 7.56. The number of hydrogen-bond donors (Lipinski definition) is 0. The highest BCUT2D eigenvalue weighted by atomic mass is 35.5. The van der Waals surface area contributed by atoms with Gasteiger partial charge in [0.25, 0.3) is 5.56 Å². The minimum Gasteiger partial charge on any atom is -0.324 e. The van der Waals surface area contributed by atoms with Crippen LogP contribution < -0.4 is 5.56 Å². The van der Waals surface area contributed by atoms with Crippen molar-refractivity contribution in [1.82, 2.24) is 14.5 Å². The number of carbonyl (C=O) groups is 1. The van der Waals surface area contributed by atoms with Gasteiger partial charge in [0.2, 0.25) is 5.91 Å². The third kappa shape index (κ3) is 3.35. The summed E-state index contributed by atoms with van der Waals surface area (Å²) >= 11 is 7.77. The predicted molar refractivity (Wildman–Crippen MR) is 96.3 cm³/mol. The number of hydrogen-bond acceptors (Lipinski definition) is 4. The van der Waals surface area contributed by atoms with Crippen LogP contribution in [0, 0.1) is 13.8 Å². The Kier molecular flexibility index (Phi) is 4.96. The van der Waals surface area contributed by atoms with Crippen molar-refractivity contribution in [2.24, 2.45) is 0 Å². The molecule has 0 aliphatic carbocycles. The monoisotopic (exact) mass is 363 g/mol. The van der Waals surface area contributed by atoms with Gasteiger partial charge in [0.05, 0.1) is 6.33 Å². The fraction of sp³-hybridized carbons (Fsp3) is 0.353. The summed E-state index contributed by atoms with van der Waals surface area (Å²) in [7, 11) is 0. The van der Waals surface area contributed by atoms with Crippen LogP contribution in [-0.4, -0.2) is 32.7 Å². The lowest BCUT2D eigenvalue weighted by atomic mass is 10.2. The molecule has 3 rings (SSSR count). The van der Waals surface area contributed by atoms with E-state index in [9.17, 15) is 9.59 Å². The number of nitrogens with zero attached hydrogens (tertiary/aromatic N) is 3. The zero-order valence-electron chi connectivity index (χ0n) is 13.5.